The Morgan fingerprint density at radius 1 is 1.20 bits per heavy atom. The minimum atomic E-state index is -4.47. The van der Waals surface area contributed by atoms with E-state index in [0.717, 1.165) is 46.0 Å². The predicted octanol–water partition coefficient (Wildman–Crippen LogP) is 4.92. The molecule has 3 aromatic rings. The van der Waals surface area contributed by atoms with Crippen molar-refractivity contribution in [1.29, 1.82) is 0 Å². The number of halogens is 3. The summed E-state index contributed by atoms with van der Waals surface area (Å²) in [7, 11) is 1.60. The molecule has 2 heterocycles. The molecule has 1 aromatic carbocycles. The first kappa shape index (κ1) is 17.7. The molecule has 0 unspecified atom stereocenters. The second-order valence-electron chi connectivity index (χ2n) is 4.89. The van der Waals surface area contributed by atoms with Crippen LogP contribution in [0, 0.1) is 0 Å². The number of hydrogen-bond acceptors (Lipinski definition) is 6. The SMILES string of the molecule is COc1cccc(-c2nc(CSc3nccc(C(F)(F)F)n3)cs2)c1. The fourth-order valence-electron chi connectivity index (χ4n) is 1.97. The Morgan fingerprint density at radius 2 is 2.04 bits per heavy atom. The Morgan fingerprint density at radius 3 is 2.80 bits per heavy atom. The van der Waals surface area contributed by atoms with Gasteiger partial charge in [0.25, 0.3) is 0 Å². The van der Waals surface area contributed by atoms with Crippen LogP contribution in [0.5, 0.6) is 5.75 Å². The van der Waals surface area contributed by atoms with Crippen molar-refractivity contribution >= 4 is 23.1 Å². The van der Waals surface area contributed by atoms with Crippen molar-refractivity contribution in [3.8, 4) is 16.3 Å². The van der Waals surface area contributed by atoms with Crippen LogP contribution in [0.3, 0.4) is 0 Å². The van der Waals surface area contributed by atoms with Gasteiger partial charge >= 0.3 is 6.18 Å². The van der Waals surface area contributed by atoms with E-state index < -0.39 is 11.9 Å². The number of thiazole rings is 1. The first-order chi connectivity index (χ1) is 12.0. The average Bonchev–Trinajstić information content (AvgIpc) is 3.09. The normalized spacial score (nSPS) is 11.5. The van der Waals surface area contributed by atoms with Crippen LogP contribution in [0.25, 0.3) is 10.6 Å². The molecule has 0 saturated heterocycles. The molecule has 0 spiro atoms. The van der Waals surface area contributed by atoms with E-state index in [2.05, 4.69) is 15.0 Å². The summed E-state index contributed by atoms with van der Waals surface area (Å²) in [4.78, 5) is 11.9. The topological polar surface area (TPSA) is 47.9 Å². The van der Waals surface area contributed by atoms with E-state index in [1.54, 1.807) is 7.11 Å². The Hall–Kier alpha value is -2.13. The lowest BCUT2D eigenvalue weighted by Crippen LogP contribution is -2.08. The summed E-state index contributed by atoms with van der Waals surface area (Å²) < 4.78 is 43.2. The van der Waals surface area contributed by atoms with Gasteiger partial charge in [0.2, 0.25) is 0 Å². The quantitative estimate of drug-likeness (QED) is 0.462. The first-order valence-corrected chi connectivity index (χ1v) is 8.94. The maximum atomic E-state index is 12.7. The molecule has 0 aliphatic rings. The van der Waals surface area contributed by atoms with E-state index in [4.69, 9.17) is 4.74 Å². The van der Waals surface area contributed by atoms with Crippen LogP contribution in [0.4, 0.5) is 13.2 Å². The highest BCUT2D eigenvalue weighted by atomic mass is 32.2. The van der Waals surface area contributed by atoms with Gasteiger partial charge in [-0.25, -0.2) is 15.0 Å². The van der Waals surface area contributed by atoms with Gasteiger partial charge < -0.3 is 4.74 Å². The van der Waals surface area contributed by atoms with Gasteiger partial charge in [0.05, 0.1) is 12.8 Å². The fourth-order valence-corrected chi connectivity index (χ4v) is 3.61. The maximum absolute atomic E-state index is 12.7. The standard InChI is InChI=1S/C16H12F3N3OS2/c1-23-12-4-2-3-10(7-12)14-21-11(8-24-14)9-25-15-20-6-5-13(22-15)16(17,18)19/h2-8H,9H2,1H3. The zero-order valence-electron chi connectivity index (χ0n) is 12.9. The number of thioether (sulfide) groups is 1. The molecule has 0 saturated carbocycles. The summed E-state index contributed by atoms with van der Waals surface area (Å²) in [5, 5.41) is 2.76. The van der Waals surface area contributed by atoms with E-state index in [-0.39, 0.29) is 5.16 Å². The Labute approximate surface area is 150 Å². The molecule has 3 rings (SSSR count). The highest BCUT2D eigenvalue weighted by Crippen LogP contribution is 2.31. The van der Waals surface area contributed by atoms with Crippen LogP contribution >= 0.6 is 23.1 Å². The number of methoxy groups -OCH3 is 1. The van der Waals surface area contributed by atoms with E-state index in [1.165, 1.54) is 11.3 Å². The number of benzene rings is 1. The summed E-state index contributed by atoms with van der Waals surface area (Å²) in [5.41, 5.74) is 0.741. The number of alkyl halides is 3. The van der Waals surface area contributed by atoms with Gasteiger partial charge in [-0.1, -0.05) is 23.9 Å². The van der Waals surface area contributed by atoms with Crippen LogP contribution in [-0.4, -0.2) is 22.1 Å². The molecule has 0 N–H and O–H groups in total. The van der Waals surface area contributed by atoms with Crippen LogP contribution in [0.1, 0.15) is 11.4 Å². The average molecular weight is 383 g/mol. The molecule has 0 aliphatic carbocycles. The van der Waals surface area contributed by atoms with Gasteiger partial charge in [-0.2, -0.15) is 13.2 Å². The summed E-state index contributed by atoms with van der Waals surface area (Å²) in [6, 6.07) is 8.38. The van der Waals surface area contributed by atoms with Gasteiger partial charge in [0, 0.05) is 22.9 Å². The third-order valence-electron chi connectivity index (χ3n) is 3.14. The van der Waals surface area contributed by atoms with Gasteiger partial charge in [0.15, 0.2) is 5.16 Å². The molecule has 130 valence electrons. The molecular weight excluding hydrogens is 371 g/mol. The number of rotatable bonds is 5. The van der Waals surface area contributed by atoms with E-state index in [9.17, 15) is 13.2 Å². The smallest absolute Gasteiger partial charge is 0.433 e. The largest absolute Gasteiger partial charge is 0.497 e. The molecule has 0 atom stereocenters. The zero-order valence-corrected chi connectivity index (χ0v) is 14.6. The third-order valence-corrected chi connectivity index (χ3v) is 4.98. The van der Waals surface area contributed by atoms with Crippen molar-refractivity contribution in [1.82, 2.24) is 15.0 Å². The van der Waals surface area contributed by atoms with Crippen molar-refractivity contribution in [2.45, 2.75) is 17.1 Å². The second kappa shape index (κ2) is 7.40. The van der Waals surface area contributed by atoms with E-state index in [1.807, 2.05) is 29.6 Å². The van der Waals surface area contributed by atoms with Crippen molar-refractivity contribution in [3.63, 3.8) is 0 Å². The minimum absolute atomic E-state index is 0.0748. The number of aromatic nitrogens is 3. The lowest BCUT2D eigenvalue weighted by molar-refractivity contribution is -0.141. The molecule has 0 aliphatic heterocycles. The van der Waals surface area contributed by atoms with Crippen molar-refractivity contribution in [2.75, 3.05) is 7.11 Å². The van der Waals surface area contributed by atoms with Crippen LogP contribution in [0.15, 0.2) is 47.1 Å². The molecule has 2 aromatic heterocycles. The summed E-state index contributed by atoms with van der Waals surface area (Å²) in [5.74, 6) is 1.13. The van der Waals surface area contributed by atoms with Crippen LogP contribution in [-0.2, 0) is 11.9 Å². The molecule has 0 fully saturated rings. The minimum Gasteiger partial charge on any atom is -0.497 e. The molecule has 0 bridgehead atoms. The Balaban J connectivity index is 1.70. The first-order valence-electron chi connectivity index (χ1n) is 7.07. The predicted molar refractivity (Wildman–Crippen MR) is 90.7 cm³/mol. The molecule has 0 radical (unpaired) electrons. The highest BCUT2D eigenvalue weighted by Gasteiger charge is 2.32. The Kier molecular flexibility index (Phi) is 5.24. The monoisotopic (exact) mass is 383 g/mol. The summed E-state index contributed by atoms with van der Waals surface area (Å²) >= 11 is 2.58. The Bertz CT molecular complexity index is 868. The highest BCUT2D eigenvalue weighted by molar-refractivity contribution is 7.98. The molecule has 0 amide bonds. The van der Waals surface area contributed by atoms with Gasteiger partial charge in [-0.05, 0) is 18.2 Å². The number of hydrogen-bond donors (Lipinski definition) is 0. The molecule has 4 nitrogen and oxygen atoms in total. The molecule has 25 heavy (non-hydrogen) atoms. The van der Waals surface area contributed by atoms with Crippen LogP contribution in [0.2, 0.25) is 0 Å². The lowest BCUT2D eigenvalue weighted by atomic mass is 10.2. The van der Waals surface area contributed by atoms with Gasteiger partial charge in [-0.3, -0.25) is 0 Å². The number of ether oxygens (including phenoxy) is 1. The molecule has 9 heteroatoms. The molecular formula is C16H12F3N3OS2. The second-order valence-corrected chi connectivity index (χ2v) is 6.69. The van der Waals surface area contributed by atoms with Crippen molar-refractivity contribution in [2.24, 2.45) is 0 Å². The zero-order chi connectivity index (χ0) is 17.9. The van der Waals surface area contributed by atoms with Crippen molar-refractivity contribution in [3.05, 3.63) is 53.3 Å². The van der Waals surface area contributed by atoms with E-state index in [0.29, 0.717) is 5.75 Å². The fraction of sp³-hybridized carbons (Fsp3) is 0.188. The van der Waals surface area contributed by atoms with Crippen molar-refractivity contribution < 1.29 is 17.9 Å². The van der Waals surface area contributed by atoms with Gasteiger partial charge in [-0.15, -0.1) is 11.3 Å². The lowest BCUT2D eigenvalue weighted by Gasteiger charge is -2.06. The summed E-state index contributed by atoms with van der Waals surface area (Å²) in [6.07, 6.45) is -3.36. The van der Waals surface area contributed by atoms with Crippen LogP contribution < -0.4 is 4.74 Å². The maximum Gasteiger partial charge on any atom is 0.433 e. The summed E-state index contributed by atoms with van der Waals surface area (Å²) in [6.45, 7) is 0. The van der Waals surface area contributed by atoms with E-state index >= 15 is 0 Å². The number of nitrogens with zero attached hydrogens (tertiary/aromatic N) is 3. The third kappa shape index (κ3) is 4.49. The van der Waals surface area contributed by atoms with Gasteiger partial charge in [0.1, 0.15) is 16.5 Å².